The van der Waals surface area contributed by atoms with Gasteiger partial charge in [0.1, 0.15) is 0 Å². The Kier molecular flexibility index (Phi) is 4.10. The number of thiocarbonyl (C=S) groups is 1. The number of hydrogen-bond acceptors (Lipinski definition) is 2. The molecule has 0 heterocycles. The number of rotatable bonds is 3. The molecule has 0 aromatic heterocycles. The Morgan fingerprint density at radius 3 is 2.52 bits per heavy atom. The molecule has 2 fully saturated rings. The summed E-state index contributed by atoms with van der Waals surface area (Å²) in [5, 5.41) is 9.94. The molecule has 1 aromatic carbocycles. The molecule has 0 radical (unpaired) electrons. The van der Waals surface area contributed by atoms with Crippen LogP contribution in [-0.2, 0) is 0 Å². The van der Waals surface area contributed by atoms with Crippen molar-refractivity contribution in [2.75, 3.05) is 12.4 Å². The van der Waals surface area contributed by atoms with E-state index in [0.29, 0.717) is 16.7 Å². The van der Waals surface area contributed by atoms with Crippen LogP contribution in [0.15, 0.2) is 24.3 Å². The summed E-state index contributed by atoms with van der Waals surface area (Å²) in [6.07, 6.45) is 5.35. The Bertz CT molecular complexity index is 543. The standard InChI is InChI=1S/C16H21N3OS/c1-17-15(20)11-4-6-13(7-5-11)18-16(21)19-14-9-10-2-3-12(14)8-10/h4-7,10,12,14H,2-3,8-9H2,1H3,(H,17,20)(H2,18,19,21)/t10-,12-,14+/m0/s1. The number of benzene rings is 1. The molecule has 3 rings (SSSR count). The summed E-state index contributed by atoms with van der Waals surface area (Å²) >= 11 is 5.39. The van der Waals surface area contributed by atoms with E-state index in [9.17, 15) is 4.79 Å². The van der Waals surface area contributed by atoms with E-state index in [2.05, 4.69) is 16.0 Å². The first-order valence-electron chi connectivity index (χ1n) is 7.55. The van der Waals surface area contributed by atoms with Crippen LogP contribution in [-0.4, -0.2) is 24.1 Å². The number of amides is 1. The summed E-state index contributed by atoms with van der Waals surface area (Å²) in [5.74, 6) is 1.62. The van der Waals surface area contributed by atoms with Crippen LogP contribution in [0.4, 0.5) is 5.69 Å². The second-order valence-electron chi connectivity index (χ2n) is 6.04. The van der Waals surface area contributed by atoms with E-state index < -0.39 is 0 Å². The molecule has 21 heavy (non-hydrogen) atoms. The first-order chi connectivity index (χ1) is 10.2. The fourth-order valence-electron chi connectivity index (χ4n) is 3.61. The van der Waals surface area contributed by atoms with Gasteiger partial charge in [0.15, 0.2) is 5.11 Å². The molecule has 2 aliphatic rings. The van der Waals surface area contributed by atoms with Gasteiger partial charge >= 0.3 is 0 Å². The van der Waals surface area contributed by atoms with E-state index in [1.807, 2.05) is 12.1 Å². The lowest BCUT2D eigenvalue weighted by atomic mass is 9.96. The van der Waals surface area contributed by atoms with E-state index in [1.165, 1.54) is 25.7 Å². The van der Waals surface area contributed by atoms with Crippen molar-refractivity contribution in [2.24, 2.45) is 11.8 Å². The second kappa shape index (κ2) is 6.02. The molecule has 0 spiro atoms. The predicted molar refractivity (Wildman–Crippen MR) is 88.4 cm³/mol. The molecule has 2 saturated carbocycles. The maximum atomic E-state index is 11.5. The van der Waals surface area contributed by atoms with E-state index in [-0.39, 0.29) is 5.91 Å². The van der Waals surface area contributed by atoms with Gasteiger partial charge < -0.3 is 16.0 Å². The topological polar surface area (TPSA) is 53.2 Å². The molecule has 0 saturated heterocycles. The third-order valence-corrected chi connectivity index (χ3v) is 4.91. The van der Waals surface area contributed by atoms with Gasteiger partial charge in [-0.05, 0) is 67.6 Å². The average molecular weight is 303 g/mol. The Balaban J connectivity index is 1.54. The van der Waals surface area contributed by atoms with E-state index in [1.54, 1.807) is 19.2 Å². The van der Waals surface area contributed by atoms with Gasteiger partial charge in [-0.25, -0.2) is 0 Å². The molecule has 2 aliphatic carbocycles. The molecule has 4 nitrogen and oxygen atoms in total. The lowest BCUT2D eigenvalue weighted by molar-refractivity contribution is 0.0963. The van der Waals surface area contributed by atoms with Crippen molar-refractivity contribution in [1.29, 1.82) is 0 Å². The number of carbonyl (C=O) groups excluding carboxylic acids is 1. The monoisotopic (exact) mass is 303 g/mol. The summed E-state index contributed by atoms with van der Waals surface area (Å²) in [7, 11) is 1.63. The third-order valence-electron chi connectivity index (χ3n) is 4.69. The molecule has 0 unspecified atom stereocenters. The fourth-order valence-corrected chi connectivity index (χ4v) is 3.88. The molecule has 2 bridgehead atoms. The minimum absolute atomic E-state index is 0.0794. The zero-order valence-corrected chi connectivity index (χ0v) is 13.0. The number of hydrogen-bond donors (Lipinski definition) is 3. The van der Waals surface area contributed by atoms with Gasteiger partial charge in [-0.1, -0.05) is 6.42 Å². The van der Waals surface area contributed by atoms with E-state index in [0.717, 1.165) is 17.5 Å². The lowest BCUT2D eigenvalue weighted by Crippen LogP contribution is -2.40. The first-order valence-corrected chi connectivity index (χ1v) is 7.96. The zero-order valence-electron chi connectivity index (χ0n) is 12.2. The molecule has 112 valence electrons. The van der Waals surface area contributed by atoms with Crippen LogP contribution in [0.1, 0.15) is 36.0 Å². The first kappa shape index (κ1) is 14.3. The number of anilines is 1. The molecule has 1 amide bonds. The Morgan fingerprint density at radius 1 is 1.19 bits per heavy atom. The highest BCUT2D eigenvalue weighted by Gasteiger charge is 2.39. The van der Waals surface area contributed by atoms with E-state index in [4.69, 9.17) is 12.2 Å². The van der Waals surface area contributed by atoms with Crippen molar-refractivity contribution < 1.29 is 4.79 Å². The Hall–Kier alpha value is -1.62. The third kappa shape index (κ3) is 3.18. The molecular formula is C16H21N3OS. The SMILES string of the molecule is CNC(=O)c1ccc(NC(=S)N[C@@H]2C[C@H]3CC[C@H]2C3)cc1. The van der Waals surface area contributed by atoms with Crippen molar-refractivity contribution in [3.63, 3.8) is 0 Å². The van der Waals surface area contributed by atoms with E-state index >= 15 is 0 Å². The summed E-state index contributed by atoms with van der Waals surface area (Å²) in [6, 6.07) is 7.87. The van der Waals surface area contributed by atoms with Gasteiger partial charge in [0.25, 0.3) is 5.91 Å². The van der Waals surface area contributed by atoms with Crippen LogP contribution in [0.5, 0.6) is 0 Å². The van der Waals surface area contributed by atoms with Crippen LogP contribution in [0.25, 0.3) is 0 Å². The number of carbonyl (C=O) groups is 1. The molecule has 1 aromatic rings. The molecule has 0 aliphatic heterocycles. The van der Waals surface area contributed by atoms with Crippen molar-refractivity contribution in [1.82, 2.24) is 10.6 Å². The highest BCUT2D eigenvalue weighted by atomic mass is 32.1. The largest absolute Gasteiger partial charge is 0.359 e. The van der Waals surface area contributed by atoms with Gasteiger partial charge in [0, 0.05) is 24.3 Å². The minimum atomic E-state index is -0.0794. The van der Waals surface area contributed by atoms with Crippen LogP contribution in [0.2, 0.25) is 0 Å². The smallest absolute Gasteiger partial charge is 0.251 e. The van der Waals surface area contributed by atoms with Crippen LogP contribution >= 0.6 is 12.2 Å². The summed E-state index contributed by atoms with van der Waals surface area (Å²) in [5.41, 5.74) is 1.55. The molecule has 3 N–H and O–H groups in total. The average Bonchev–Trinajstić information content (AvgIpc) is 3.09. The van der Waals surface area contributed by atoms with Crippen molar-refractivity contribution in [3.05, 3.63) is 29.8 Å². The quantitative estimate of drug-likeness (QED) is 0.751. The number of nitrogens with one attached hydrogen (secondary N) is 3. The van der Waals surface area contributed by atoms with Gasteiger partial charge in [-0.2, -0.15) is 0 Å². The normalized spacial score (nSPS) is 26.4. The highest BCUT2D eigenvalue weighted by Crippen LogP contribution is 2.44. The maximum absolute atomic E-state index is 11.5. The van der Waals surface area contributed by atoms with Crippen molar-refractivity contribution in [3.8, 4) is 0 Å². The molecular weight excluding hydrogens is 282 g/mol. The molecule has 5 heteroatoms. The highest BCUT2D eigenvalue weighted by molar-refractivity contribution is 7.80. The lowest BCUT2D eigenvalue weighted by Gasteiger charge is -2.24. The fraction of sp³-hybridized carbons (Fsp3) is 0.500. The summed E-state index contributed by atoms with van der Waals surface area (Å²) in [6.45, 7) is 0. The van der Waals surface area contributed by atoms with Gasteiger partial charge in [0.05, 0.1) is 0 Å². The predicted octanol–water partition coefficient (Wildman–Crippen LogP) is 2.52. The summed E-state index contributed by atoms with van der Waals surface area (Å²) in [4.78, 5) is 11.5. The van der Waals surface area contributed by atoms with Crippen molar-refractivity contribution in [2.45, 2.75) is 31.7 Å². The van der Waals surface area contributed by atoms with Gasteiger partial charge in [-0.15, -0.1) is 0 Å². The second-order valence-corrected chi connectivity index (χ2v) is 6.44. The Morgan fingerprint density at radius 2 is 1.95 bits per heavy atom. The van der Waals surface area contributed by atoms with Crippen molar-refractivity contribution >= 4 is 28.9 Å². The Labute approximate surface area is 130 Å². The number of fused-ring (bicyclic) bond motifs is 2. The van der Waals surface area contributed by atoms with Crippen LogP contribution < -0.4 is 16.0 Å². The zero-order chi connectivity index (χ0) is 14.8. The van der Waals surface area contributed by atoms with Crippen LogP contribution in [0, 0.1) is 11.8 Å². The van der Waals surface area contributed by atoms with Gasteiger partial charge in [-0.3, -0.25) is 4.79 Å². The minimum Gasteiger partial charge on any atom is -0.359 e. The van der Waals surface area contributed by atoms with Gasteiger partial charge in [0.2, 0.25) is 0 Å². The van der Waals surface area contributed by atoms with Crippen LogP contribution in [0.3, 0.4) is 0 Å². The molecule has 3 atom stereocenters. The summed E-state index contributed by atoms with van der Waals surface area (Å²) < 4.78 is 0. The maximum Gasteiger partial charge on any atom is 0.251 e.